The molecular weight excluding hydrogens is 745 g/mol. The molecule has 0 saturated heterocycles. The molecule has 0 bridgehead atoms. The molecule has 4 aromatic carbocycles. The van der Waals surface area contributed by atoms with E-state index < -0.39 is 21.7 Å². The van der Waals surface area contributed by atoms with E-state index >= 15 is 0 Å². The van der Waals surface area contributed by atoms with Crippen LogP contribution >= 0.6 is 11.8 Å². The Kier molecular flexibility index (Phi) is 16.6. The molecule has 3 atom stereocenters. The predicted octanol–water partition coefficient (Wildman–Crippen LogP) is 9.37. The Balaban J connectivity index is 0.000000192. The first-order valence-corrected chi connectivity index (χ1v) is 21.7. The smallest absolute Gasteiger partial charge is 0.320 e. The van der Waals surface area contributed by atoms with E-state index in [1.54, 1.807) is 18.2 Å². The van der Waals surface area contributed by atoms with Crippen molar-refractivity contribution in [2.45, 2.75) is 68.9 Å². The van der Waals surface area contributed by atoms with Crippen molar-refractivity contribution in [1.82, 2.24) is 4.90 Å². The molecule has 0 spiro atoms. The third-order valence-electron chi connectivity index (χ3n) is 8.81. The van der Waals surface area contributed by atoms with Gasteiger partial charge in [-0.1, -0.05) is 86.6 Å². The Labute approximate surface area is 336 Å². The normalized spacial score (nSPS) is 14.0. The third-order valence-corrected chi connectivity index (χ3v) is 11.8. The predicted molar refractivity (Wildman–Crippen MR) is 231 cm³/mol. The second-order valence-corrected chi connectivity index (χ2v) is 18.0. The standard InChI is InChI=1S/C18H22N2S.C18H16O3.C8H18N2O3S/c1-14(12-19(2)3)13-20-15-8-4-6-10-17(15)21-18-11-7-5-9-16(18)20;1-12(2)21-14-8-9-15-17(10-14)20-11-16(18(15)19)13-6-4-3-5-7-13;1-2-3-5-14(10,13)6-4-7(9)8(11)12/h4-11,14H,12-13H2,1-3H3;3-12H,1-2H3;7,10H,2-6,9H2,1H3,(H,11,12). The van der Waals surface area contributed by atoms with Crippen molar-refractivity contribution >= 4 is 49.8 Å². The van der Waals surface area contributed by atoms with Gasteiger partial charge in [-0.3, -0.25) is 14.4 Å². The van der Waals surface area contributed by atoms with Crippen molar-refractivity contribution in [2.24, 2.45) is 11.7 Å². The first kappa shape index (κ1) is 44.1. The van der Waals surface area contributed by atoms with Crippen LogP contribution in [0.5, 0.6) is 5.75 Å². The number of aliphatic carboxylic acids is 1. The minimum atomic E-state index is -2.62. The highest BCUT2D eigenvalue weighted by Gasteiger charge is 2.24. The summed E-state index contributed by atoms with van der Waals surface area (Å²) in [6, 6.07) is 31.3. The average molecular weight is 801 g/mol. The monoisotopic (exact) mass is 800 g/mol. The highest BCUT2D eigenvalue weighted by Crippen LogP contribution is 2.48. The van der Waals surface area contributed by atoms with Crippen LogP contribution in [-0.2, 0) is 14.5 Å². The summed E-state index contributed by atoms with van der Waals surface area (Å²) in [7, 11) is 1.67. The van der Waals surface area contributed by atoms with Gasteiger partial charge in [0.1, 0.15) is 23.6 Å². The molecule has 5 aromatic rings. The largest absolute Gasteiger partial charge is 0.491 e. The first-order valence-electron chi connectivity index (χ1n) is 19.0. The van der Waals surface area contributed by atoms with Crippen LogP contribution in [0.25, 0.3) is 22.1 Å². The number of nitrogens with one attached hydrogen (secondary N) is 1. The second kappa shape index (κ2) is 21.1. The lowest BCUT2D eigenvalue weighted by Gasteiger charge is -2.35. The number of nitrogens with two attached hydrogens (primary N) is 1. The lowest BCUT2D eigenvalue weighted by Crippen LogP contribution is -2.32. The van der Waals surface area contributed by atoms with Gasteiger partial charge in [0.05, 0.1) is 28.4 Å². The number of hydrogen-bond donors (Lipinski definition) is 3. The zero-order chi connectivity index (χ0) is 40.8. The Morgan fingerprint density at radius 3 is 2.12 bits per heavy atom. The molecule has 2 heterocycles. The van der Waals surface area contributed by atoms with Crippen LogP contribution in [0, 0.1) is 10.7 Å². The molecule has 300 valence electrons. The summed E-state index contributed by atoms with van der Waals surface area (Å²) in [5, 5.41) is 9.04. The number of hydrogen-bond acceptors (Lipinski definition) is 10. The molecular formula is C44H56N4O6S2. The number of fused-ring (bicyclic) bond motifs is 3. The molecule has 56 heavy (non-hydrogen) atoms. The van der Waals surface area contributed by atoms with Gasteiger partial charge in [0.15, 0.2) is 5.43 Å². The molecule has 10 nitrogen and oxygen atoms in total. The van der Waals surface area contributed by atoms with Gasteiger partial charge in [-0.05, 0) is 88.7 Å². The van der Waals surface area contributed by atoms with Gasteiger partial charge in [0.2, 0.25) is 0 Å². The molecule has 0 fully saturated rings. The number of para-hydroxylation sites is 2. The summed E-state index contributed by atoms with van der Waals surface area (Å²) in [4.78, 5) is 30.4. The Bertz CT molecular complexity index is 2150. The highest BCUT2D eigenvalue weighted by atomic mass is 32.2. The van der Waals surface area contributed by atoms with Gasteiger partial charge in [0, 0.05) is 50.2 Å². The minimum absolute atomic E-state index is 0.0291. The fourth-order valence-electron chi connectivity index (χ4n) is 6.16. The molecule has 3 unspecified atom stereocenters. The summed E-state index contributed by atoms with van der Waals surface area (Å²) in [6.45, 7) is 10.4. The van der Waals surface area contributed by atoms with E-state index in [-0.39, 0.29) is 23.7 Å². The Morgan fingerprint density at radius 2 is 1.55 bits per heavy atom. The van der Waals surface area contributed by atoms with Crippen LogP contribution in [0.15, 0.2) is 122 Å². The van der Waals surface area contributed by atoms with Gasteiger partial charge in [-0.25, -0.2) is 4.21 Å². The molecule has 12 heteroatoms. The summed E-state index contributed by atoms with van der Waals surface area (Å²) in [5.74, 6) is 0.643. The van der Waals surface area contributed by atoms with E-state index in [4.69, 9.17) is 24.8 Å². The van der Waals surface area contributed by atoms with Crippen LogP contribution < -0.4 is 20.8 Å². The van der Waals surface area contributed by atoms with E-state index in [0.29, 0.717) is 34.0 Å². The van der Waals surface area contributed by atoms with Crippen molar-refractivity contribution in [1.29, 1.82) is 4.78 Å². The molecule has 1 aliphatic rings. The number of nitrogens with zero attached hydrogens (tertiary/aromatic N) is 2. The molecule has 4 N–H and O–H groups in total. The lowest BCUT2D eigenvalue weighted by atomic mass is 10.1. The molecule has 0 radical (unpaired) electrons. The van der Waals surface area contributed by atoms with Crippen LogP contribution in [0.4, 0.5) is 11.4 Å². The van der Waals surface area contributed by atoms with E-state index in [0.717, 1.165) is 31.5 Å². The maximum Gasteiger partial charge on any atom is 0.320 e. The number of carbonyl (C=O) groups is 1. The maximum atomic E-state index is 12.6. The van der Waals surface area contributed by atoms with E-state index in [9.17, 15) is 13.8 Å². The minimum Gasteiger partial charge on any atom is -0.491 e. The van der Waals surface area contributed by atoms with E-state index in [1.165, 1.54) is 27.4 Å². The van der Waals surface area contributed by atoms with E-state index in [2.05, 4.69) is 79.3 Å². The third kappa shape index (κ3) is 13.0. The van der Waals surface area contributed by atoms with Crippen molar-refractivity contribution in [3.63, 3.8) is 0 Å². The zero-order valence-corrected chi connectivity index (χ0v) is 34.9. The lowest BCUT2D eigenvalue weighted by molar-refractivity contribution is -0.138. The fourth-order valence-corrected chi connectivity index (χ4v) is 8.85. The number of carboxylic acids is 1. The van der Waals surface area contributed by atoms with Crippen molar-refractivity contribution < 1.29 is 23.3 Å². The number of benzene rings is 4. The molecule has 0 saturated carbocycles. The fraction of sp³-hybridized carbons (Fsp3) is 0.364. The molecule has 6 rings (SSSR count). The van der Waals surface area contributed by atoms with Crippen molar-refractivity contribution in [3.8, 4) is 16.9 Å². The van der Waals surface area contributed by atoms with Gasteiger partial charge in [0.25, 0.3) is 0 Å². The number of rotatable bonds is 14. The van der Waals surface area contributed by atoms with Crippen LogP contribution in [0.1, 0.15) is 47.0 Å². The van der Waals surface area contributed by atoms with Crippen molar-refractivity contribution in [2.75, 3.05) is 43.6 Å². The van der Waals surface area contributed by atoms with Crippen molar-refractivity contribution in [3.05, 3.63) is 114 Å². The average Bonchev–Trinajstić information content (AvgIpc) is 3.16. The highest BCUT2D eigenvalue weighted by molar-refractivity contribution is 7.99. The number of carboxylic acid groups (broad SMARTS) is 1. The number of ether oxygens (including phenoxy) is 1. The second-order valence-electron chi connectivity index (χ2n) is 14.5. The number of anilines is 2. The summed E-state index contributed by atoms with van der Waals surface area (Å²) in [6.07, 6.45) is 3.34. The van der Waals surface area contributed by atoms with Crippen LogP contribution in [-0.4, -0.2) is 71.0 Å². The SMILES string of the molecule is CC(C)Oc1ccc2c(=O)c(-c3ccccc3)coc2c1.CC(CN(C)C)CN1c2ccccc2Sc2ccccc21.CCCCS(=N)(=O)CCC(N)C(=O)O. The number of unbranched alkanes of at least 4 members (excludes halogenated alkanes) is 1. The topological polar surface area (TPSA) is 150 Å². The van der Waals surface area contributed by atoms with Crippen LogP contribution in [0.2, 0.25) is 0 Å². The van der Waals surface area contributed by atoms with Gasteiger partial charge in [-0.2, -0.15) is 0 Å². The first-order chi connectivity index (χ1) is 26.7. The molecule has 0 amide bonds. The molecule has 1 aliphatic heterocycles. The zero-order valence-electron chi connectivity index (χ0n) is 33.3. The van der Waals surface area contributed by atoms with E-state index in [1.807, 2.05) is 62.9 Å². The quantitative estimate of drug-likeness (QED) is 0.0992. The summed E-state index contributed by atoms with van der Waals surface area (Å²) >= 11 is 1.88. The maximum absolute atomic E-state index is 12.6. The Morgan fingerprint density at radius 1 is 0.946 bits per heavy atom. The van der Waals surface area contributed by atoms with Gasteiger partial charge in [-0.15, -0.1) is 0 Å². The molecule has 0 aliphatic carbocycles. The summed E-state index contributed by atoms with van der Waals surface area (Å²) in [5.41, 5.74) is 9.86. The Hall–Kier alpha value is -4.62. The van der Waals surface area contributed by atoms with Crippen LogP contribution in [0.3, 0.4) is 0 Å². The van der Waals surface area contributed by atoms with Gasteiger partial charge < -0.3 is 29.8 Å². The molecule has 1 aromatic heterocycles. The summed E-state index contributed by atoms with van der Waals surface area (Å²) < 4.78 is 30.2. The van der Waals surface area contributed by atoms with Gasteiger partial charge >= 0.3 is 5.97 Å².